The van der Waals surface area contributed by atoms with Gasteiger partial charge in [-0.05, 0) is 31.9 Å². The molecular weight excluding hydrogens is 172 g/mol. The highest BCUT2D eigenvalue weighted by Crippen LogP contribution is 2.26. The summed E-state index contributed by atoms with van der Waals surface area (Å²) in [7, 11) is 0. The molecule has 2 rings (SSSR count). The highest BCUT2D eigenvalue weighted by molar-refractivity contribution is 5.25. The maximum atomic E-state index is 6.38. The smallest absolute Gasteiger partial charge is 0.0536 e. The first-order chi connectivity index (χ1) is 6.71. The molecule has 0 bridgehead atoms. The topological polar surface area (TPSA) is 38.0 Å². The van der Waals surface area contributed by atoms with Crippen molar-refractivity contribution in [2.24, 2.45) is 5.73 Å². The number of nitrogens with two attached hydrogens (primary N) is 1. The summed E-state index contributed by atoms with van der Waals surface area (Å²) in [5.41, 5.74) is 7.36. The molecule has 76 valence electrons. The van der Waals surface area contributed by atoms with Crippen LogP contribution in [0.25, 0.3) is 0 Å². The van der Waals surface area contributed by atoms with E-state index in [9.17, 15) is 0 Å². The van der Waals surface area contributed by atoms with Gasteiger partial charge in [0.15, 0.2) is 0 Å². The van der Waals surface area contributed by atoms with Gasteiger partial charge in [-0.2, -0.15) is 0 Å². The van der Waals surface area contributed by atoms with E-state index in [0.29, 0.717) is 6.04 Å². The van der Waals surface area contributed by atoms with E-state index in [1.54, 1.807) is 0 Å². The van der Waals surface area contributed by atoms with E-state index in [1.807, 2.05) is 6.07 Å². The summed E-state index contributed by atoms with van der Waals surface area (Å²) in [6.45, 7) is 3.22. The molecule has 0 saturated carbocycles. The van der Waals surface area contributed by atoms with E-state index in [0.717, 1.165) is 6.54 Å². The average Bonchev–Trinajstić information content (AvgIpc) is 2.72. The molecule has 2 atom stereocenters. The second-order valence-electron chi connectivity index (χ2n) is 4.30. The molecule has 1 aromatic carbocycles. The third-order valence-electron chi connectivity index (χ3n) is 3.18. The molecule has 2 heteroatoms. The van der Waals surface area contributed by atoms with Gasteiger partial charge < -0.3 is 11.1 Å². The molecule has 2 unspecified atom stereocenters. The summed E-state index contributed by atoms with van der Waals surface area (Å²) in [5.74, 6) is 0. The van der Waals surface area contributed by atoms with Gasteiger partial charge in [0.1, 0.15) is 0 Å². The fourth-order valence-electron chi connectivity index (χ4n) is 2.19. The quantitative estimate of drug-likeness (QED) is 0.743. The van der Waals surface area contributed by atoms with Crippen LogP contribution < -0.4 is 11.1 Å². The molecule has 1 aliphatic heterocycles. The maximum absolute atomic E-state index is 6.38. The Hall–Kier alpha value is -0.860. The minimum Gasteiger partial charge on any atom is -0.320 e. The molecule has 14 heavy (non-hydrogen) atoms. The fourth-order valence-corrected chi connectivity index (χ4v) is 2.19. The van der Waals surface area contributed by atoms with Crippen LogP contribution in [0, 0.1) is 0 Å². The third kappa shape index (κ3) is 1.68. The van der Waals surface area contributed by atoms with E-state index in [1.165, 1.54) is 18.4 Å². The second-order valence-corrected chi connectivity index (χ2v) is 4.30. The van der Waals surface area contributed by atoms with Crippen LogP contribution in [0.4, 0.5) is 0 Å². The highest BCUT2D eigenvalue weighted by atomic mass is 15.0. The zero-order valence-corrected chi connectivity index (χ0v) is 8.66. The monoisotopic (exact) mass is 190 g/mol. The molecule has 1 aliphatic rings. The number of benzene rings is 1. The lowest BCUT2D eigenvalue weighted by atomic mass is 9.85. The lowest BCUT2D eigenvalue weighted by Gasteiger charge is -2.32. The van der Waals surface area contributed by atoms with Gasteiger partial charge >= 0.3 is 0 Å². The van der Waals surface area contributed by atoms with Crippen molar-refractivity contribution in [2.75, 3.05) is 6.54 Å². The van der Waals surface area contributed by atoms with Crippen molar-refractivity contribution < 1.29 is 0 Å². The summed E-state index contributed by atoms with van der Waals surface area (Å²) in [6, 6.07) is 10.8. The van der Waals surface area contributed by atoms with Crippen LogP contribution >= 0.6 is 0 Å². The van der Waals surface area contributed by atoms with Crippen molar-refractivity contribution in [2.45, 2.75) is 31.3 Å². The van der Waals surface area contributed by atoms with Gasteiger partial charge in [-0.15, -0.1) is 0 Å². The number of hydrogen-bond donors (Lipinski definition) is 2. The highest BCUT2D eigenvalue weighted by Gasteiger charge is 2.33. The van der Waals surface area contributed by atoms with Gasteiger partial charge in [-0.3, -0.25) is 0 Å². The summed E-state index contributed by atoms with van der Waals surface area (Å²) in [4.78, 5) is 0. The van der Waals surface area contributed by atoms with Crippen LogP contribution in [0.2, 0.25) is 0 Å². The summed E-state index contributed by atoms with van der Waals surface area (Å²) in [5, 5.41) is 3.47. The summed E-state index contributed by atoms with van der Waals surface area (Å²) < 4.78 is 0. The third-order valence-corrected chi connectivity index (χ3v) is 3.18. The predicted molar refractivity (Wildman–Crippen MR) is 59.0 cm³/mol. The van der Waals surface area contributed by atoms with Crippen LogP contribution in [-0.4, -0.2) is 12.6 Å². The van der Waals surface area contributed by atoms with Crippen LogP contribution in [-0.2, 0) is 5.54 Å². The van der Waals surface area contributed by atoms with E-state index in [4.69, 9.17) is 5.73 Å². The van der Waals surface area contributed by atoms with Crippen LogP contribution in [0.5, 0.6) is 0 Å². The van der Waals surface area contributed by atoms with Crippen molar-refractivity contribution in [1.82, 2.24) is 5.32 Å². The van der Waals surface area contributed by atoms with E-state index >= 15 is 0 Å². The Labute approximate surface area is 85.5 Å². The largest absolute Gasteiger partial charge is 0.320 e. The Morgan fingerprint density at radius 3 is 2.64 bits per heavy atom. The molecular formula is C12H18N2. The summed E-state index contributed by atoms with van der Waals surface area (Å²) in [6.07, 6.45) is 2.42. The molecule has 0 amide bonds. The Kier molecular flexibility index (Phi) is 2.57. The van der Waals surface area contributed by atoms with Crippen LogP contribution in [0.1, 0.15) is 25.3 Å². The van der Waals surface area contributed by atoms with Gasteiger partial charge in [0, 0.05) is 6.04 Å². The van der Waals surface area contributed by atoms with E-state index in [-0.39, 0.29) is 5.54 Å². The normalized spacial score (nSPS) is 26.0. The van der Waals surface area contributed by atoms with Gasteiger partial charge in [-0.25, -0.2) is 0 Å². The second kappa shape index (κ2) is 3.71. The van der Waals surface area contributed by atoms with Crippen LogP contribution in [0.15, 0.2) is 30.3 Å². The molecule has 1 aromatic rings. The molecule has 2 nitrogen and oxygen atoms in total. The van der Waals surface area contributed by atoms with E-state index < -0.39 is 0 Å². The Bertz CT molecular complexity index is 286. The SMILES string of the molecule is CC(N)(c1ccccc1)C1CCCN1. The van der Waals surface area contributed by atoms with Gasteiger partial charge in [0.25, 0.3) is 0 Å². The molecule has 0 aromatic heterocycles. The minimum atomic E-state index is -0.238. The van der Waals surface area contributed by atoms with Crippen LogP contribution in [0.3, 0.4) is 0 Å². The van der Waals surface area contributed by atoms with Crippen molar-refractivity contribution in [3.63, 3.8) is 0 Å². The lowest BCUT2D eigenvalue weighted by Crippen LogP contribution is -2.49. The maximum Gasteiger partial charge on any atom is 0.0536 e. The molecule has 0 radical (unpaired) electrons. The van der Waals surface area contributed by atoms with Crippen molar-refractivity contribution in [3.8, 4) is 0 Å². The molecule has 0 aliphatic carbocycles. The fraction of sp³-hybridized carbons (Fsp3) is 0.500. The first kappa shape index (κ1) is 9.69. The Morgan fingerprint density at radius 2 is 2.07 bits per heavy atom. The van der Waals surface area contributed by atoms with Crippen molar-refractivity contribution >= 4 is 0 Å². The zero-order valence-electron chi connectivity index (χ0n) is 8.66. The molecule has 1 heterocycles. The van der Waals surface area contributed by atoms with Crippen molar-refractivity contribution in [1.29, 1.82) is 0 Å². The zero-order chi connectivity index (χ0) is 10.0. The average molecular weight is 190 g/mol. The van der Waals surface area contributed by atoms with Gasteiger partial charge in [0.2, 0.25) is 0 Å². The first-order valence-electron chi connectivity index (χ1n) is 5.29. The number of rotatable bonds is 2. The summed E-state index contributed by atoms with van der Waals surface area (Å²) >= 11 is 0. The lowest BCUT2D eigenvalue weighted by molar-refractivity contribution is 0.357. The number of nitrogens with one attached hydrogen (secondary N) is 1. The molecule has 3 N–H and O–H groups in total. The first-order valence-corrected chi connectivity index (χ1v) is 5.29. The van der Waals surface area contributed by atoms with Gasteiger partial charge in [-0.1, -0.05) is 30.3 Å². The molecule has 0 spiro atoms. The van der Waals surface area contributed by atoms with Gasteiger partial charge in [0.05, 0.1) is 5.54 Å². The molecule has 1 saturated heterocycles. The van der Waals surface area contributed by atoms with Crippen molar-refractivity contribution in [3.05, 3.63) is 35.9 Å². The number of hydrogen-bond acceptors (Lipinski definition) is 2. The minimum absolute atomic E-state index is 0.238. The van der Waals surface area contributed by atoms with E-state index in [2.05, 4.69) is 36.5 Å². The predicted octanol–water partition coefficient (Wildman–Crippen LogP) is 1.61. The Balaban J connectivity index is 2.22. The Morgan fingerprint density at radius 1 is 1.36 bits per heavy atom. The molecule has 1 fully saturated rings. The standard InChI is InChI=1S/C12H18N2/c1-12(13,11-8-5-9-14-11)10-6-3-2-4-7-10/h2-4,6-7,11,14H,5,8-9,13H2,1H3.